The van der Waals surface area contributed by atoms with Crippen molar-refractivity contribution < 1.29 is 13.6 Å². The second-order valence-corrected chi connectivity index (χ2v) is 8.13. The molecule has 2 unspecified atom stereocenters. The zero-order chi connectivity index (χ0) is 23.7. The van der Waals surface area contributed by atoms with Gasteiger partial charge in [-0.3, -0.25) is 4.79 Å². The molecule has 0 aliphatic carbocycles. The van der Waals surface area contributed by atoms with Crippen molar-refractivity contribution in [3.05, 3.63) is 72.2 Å². The third-order valence-corrected chi connectivity index (χ3v) is 5.89. The lowest BCUT2D eigenvalue weighted by atomic mass is 9.99. The van der Waals surface area contributed by atoms with E-state index in [1.54, 1.807) is 22.4 Å². The molecule has 3 aromatic rings. The molecule has 0 aromatic carbocycles. The van der Waals surface area contributed by atoms with Crippen molar-refractivity contribution in [1.82, 2.24) is 39.9 Å². The highest BCUT2D eigenvalue weighted by molar-refractivity contribution is 7.16. The van der Waals surface area contributed by atoms with Gasteiger partial charge in [0.15, 0.2) is 0 Å². The summed E-state index contributed by atoms with van der Waals surface area (Å²) in [5, 5.41) is 17.4. The Kier molecular flexibility index (Phi) is 5.89. The summed E-state index contributed by atoms with van der Waals surface area (Å²) in [5.74, 6) is -0.476. The summed E-state index contributed by atoms with van der Waals surface area (Å²) in [6, 6.07) is -1.73. The Hall–Kier alpha value is -3.92. The van der Waals surface area contributed by atoms with Crippen molar-refractivity contribution in [1.29, 1.82) is 0 Å². The van der Waals surface area contributed by atoms with Crippen molar-refractivity contribution in [3.63, 3.8) is 0 Å². The van der Waals surface area contributed by atoms with Gasteiger partial charge in [-0.05, 0) is 18.6 Å². The van der Waals surface area contributed by atoms with Crippen LogP contribution in [0.25, 0.3) is 11.5 Å². The summed E-state index contributed by atoms with van der Waals surface area (Å²) in [6.45, 7) is 4.04. The largest absolute Gasteiger partial charge is 0.412 e. The van der Waals surface area contributed by atoms with Crippen LogP contribution < -0.4 is 0 Å². The van der Waals surface area contributed by atoms with E-state index in [4.69, 9.17) is 4.42 Å². The van der Waals surface area contributed by atoms with E-state index < -0.39 is 11.9 Å². The molecule has 2 aliphatic heterocycles. The predicted octanol–water partition coefficient (Wildman–Crippen LogP) is 2.97. The van der Waals surface area contributed by atoms with E-state index in [0.717, 1.165) is 21.8 Å². The van der Waals surface area contributed by atoms with Gasteiger partial charge in [0.05, 0.1) is 35.5 Å². The first-order valence-electron chi connectivity index (χ1n) is 10.5. The second-order valence-electron chi connectivity index (χ2n) is 7.58. The molecule has 0 bridgehead atoms. The number of halogens is 1. The number of fused-ring (bicyclic) bond motifs is 1. The number of alkyl halides is 1. The molecule has 11 nitrogen and oxygen atoms in total. The van der Waals surface area contributed by atoms with E-state index in [1.807, 2.05) is 33.5 Å². The molecule has 2 aliphatic rings. The van der Waals surface area contributed by atoms with Crippen LogP contribution in [-0.2, 0) is 6.42 Å². The molecular formula is C21H21FN9O2P. The smallest absolute Gasteiger partial charge is 0.312 e. The Morgan fingerprint density at radius 3 is 3.12 bits per heavy atom. The number of amides is 1. The number of nitrogens with one attached hydrogen (secondary N) is 1. The highest BCUT2D eigenvalue weighted by atomic mass is 31.0. The van der Waals surface area contributed by atoms with Crippen LogP contribution >= 0.6 is 9.24 Å². The summed E-state index contributed by atoms with van der Waals surface area (Å²) in [4.78, 5) is 22.7. The van der Waals surface area contributed by atoms with E-state index >= 15 is 0 Å². The minimum atomic E-state index is -1.38. The average Bonchev–Trinajstić information content (AvgIpc) is 3.62. The first-order chi connectivity index (χ1) is 16.5. The first-order valence-corrected chi connectivity index (χ1v) is 11.1. The molecule has 0 spiro atoms. The van der Waals surface area contributed by atoms with Crippen molar-refractivity contribution in [2.45, 2.75) is 24.9 Å². The third-order valence-electron chi connectivity index (χ3n) is 5.59. The van der Waals surface area contributed by atoms with Gasteiger partial charge in [-0.1, -0.05) is 21.4 Å². The number of hydrogen-bond donors (Lipinski definition) is 1. The number of nitrogens with zero attached hydrogens (tertiary/aromatic N) is 8. The van der Waals surface area contributed by atoms with Crippen LogP contribution in [0.3, 0.4) is 0 Å². The summed E-state index contributed by atoms with van der Waals surface area (Å²) in [7, 11) is 2.00. The molecule has 5 heterocycles. The number of rotatable bonds is 6. The maximum Gasteiger partial charge on any atom is 0.312 e. The fraction of sp³-hybridized carbons (Fsp3) is 0.238. The third kappa shape index (κ3) is 4.08. The van der Waals surface area contributed by atoms with Gasteiger partial charge in [0.2, 0.25) is 6.04 Å². The van der Waals surface area contributed by atoms with Crippen LogP contribution in [0.2, 0.25) is 0 Å². The Bertz CT molecular complexity index is 1300. The van der Waals surface area contributed by atoms with Gasteiger partial charge in [0.25, 0.3) is 5.89 Å². The fourth-order valence-corrected chi connectivity index (χ4v) is 4.10. The molecule has 1 amide bonds. The summed E-state index contributed by atoms with van der Waals surface area (Å²) >= 11 is 0. The van der Waals surface area contributed by atoms with E-state index in [9.17, 15) is 9.18 Å². The van der Waals surface area contributed by atoms with E-state index in [1.165, 1.54) is 12.4 Å². The molecule has 3 aromatic heterocycles. The number of aromatic amines is 1. The molecule has 0 fully saturated rings. The van der Waals surface area contributed by atoms with Gasteiger partial charge < -0.3 is 14.3 Å². The van der Waals surface area contributed by atoms with Crippen molar-refractivity contribution >= 4 is 21.9 Å². The Balaban J connectivity index is 1.41. The van der Waals surface area contributed by atoms with Gasteiger partial charge >= 0.3 is 11.8 Å². The van der Waals surface area contributed by atoms with E-state index in [2.05, 4.69) is 37.1 Å². The first kappa shape index (κ1) is 21.9. The maximum absolute atomic E-state index is 13.4. The van der Waals surface area contributed by atoms with Crippen LogP contribution in [0, 0.1) is 0 Å². The van der Waals surface area contributed by atoms with Gasteiger partial charge in [-0.15, -0.1) is 10.2 Å². The van der Waals surface area contributed by atoms with Crippen molar-refractivity contribution in [2.75, 3.05) is 6.54 Å². The van der Waals surface area contributed by atoms with Gasteiger partial charge in [-0.25, -0.2) is 19.1 Å². The molecule has 0 radical (unpaired) electrons. The highest BCUT2D eigenvalue weighted by Crippen LogP contribution is 2.33. The highest BCUT2D eigenvalue weighted by Gasteiger charge is 2.35. The van der Waals surface area contributed by atoms with Gasteiger partial charge in [0.1, 0.15) is 0 Å². The minimum Gasteiger partial charge on any atom is -0.412 e. The zero-order valence-electron chi connectivity index (χ0n) is 18.0. The lowest BCUT2D eigenvalue weighted by molar-refractivity contribution is 0.0616. The van der Waals surface area contributed by atoms with Crippen LogP contribution in [0.15, 0.2) is 64.4 Å². The normalized spacial score (nSPS) is 19.5. The predicted molar refractivity (Wildman–Crippen MR) is 124 cm³/mol. The van der Waals surface area contributed by atoms with E-state index in [-0.39, 0.29) is 17.8 Å². The molecule has 13 heteroatoms. The topological polar surface area (TPSA) is 121 Å². The molecule has 0 saturated heterocycles. The lowest BCUT2D eigenvalue weighted by Crippen LogP contribution is -2.40. The number of allylic oxidation sites excluding steroid dienone is 3. The number of imidazole rings is 1. The molecule has 174 valence electrons. The Labute approximate surface area is 195 Å². The molecule has 3 atom stereocenters. The number of H-pyrrole nitrogens is 1. The number of hydrogen-bond acceptors (Lipinski definition) is 8. The molecule has 34 heavy (non-hydrogen) atoms. The van der Waals surface area contributed by atoms with Gasteiger partial charge in [-0.2, -0.15) is 10.2 Å². The molecular weight excluding hydrogens is 460 g/mol. The van der Waals surface area contributed by atoms with Crippen LogP contribution in [0.5, 0.6) is 0 Å². The van der Waals surface area contributed by atoms with E-state index in [0.29, 0.717) is 24.9 Å². The van der Waals surface area contributed by atoms with Crippen LogP contribution in [0.1, 0.15) is 40.6 Å². The van der Waals surface area contributed by atoms with Gasteiger partial charge in [0, 0.05) is 37.8 Å². The number of aromatic nitrogens is 6. The monoisotopic (exact) mass is 481 g/mol. The molecule has 0 saturated carbocycles. The SMILES string of the molecule is C=NN1C=CC=C/C1=C/C[C@H]1c2nc[nH]c2CCN1C(=O)c1nnc(-c2cnn(C(F)P)c2)o1. The standard InChI is InChI=1S/C21H21FN9O2P/c1-23-30-8-3-2-4-14(30)5-6-16-17-15(24-12-25-17)7-9-29(16)20(32)19-28-27-18(33-19)13-10-26-31(11-13)21(22)34/h2-5,8,10-12,16,21H,1,6-7,9,34H2,(H,24,25)/b14-5-/t16-,21?/m0/s1. The molecule has 5 rings (SSSR count). The number of carbonyl (C=O) groups is 1. The summed E-state index contributed by atoms with van der Waals surface area (Å²) in [5.41, 5.74) is 3.03. The van der Waals surface area contributed by atoms with Crippen LogP contribution in [0.4, 0.5) is 4.39 Å². The summed E-state index contributed by atoms with van der Waals surface area (Å²) in [6.07, 6.45) is 15.0. The fourth-order valence-electron chi connectivity index (χ4n) is 3.94. The Morgan fingerprint density at radius 2 is 2.32 bits per heavy atom. The maximum atomic E-state index is 13.4. The quantitative estimate of drug-likeness (QED) is 0.424. The minimum absolute atomic E-state index is 0.0863. The van der Waals surface area contributed by atoms with Crippen LogP contribution in [-0.4, -0.2) is 59.0 Å². The van der Waals surface area contributed by atoms with Crippen molar-refractivity contribution in [2.24, 2.45) is 5.10 Å². The average molecular weight is 481 g/mol. The summed E-state index contributed by atoms with van der Waals surface area (Å²) < 4.78 is 20.2. The zero-order valence-corrected chi connectivity index (χ0v) is 19.1. The molecule has 1 N–H and O–H groups in total. The van der Waals surface area contributed by atoms with Crippen molar-refractivity contribution in [3.8, 4) is 11.5 Å². The number of hydrazone groups is 1. The number of carbonyl (C=O) groups excluding carboxylic acids is 1. The lowest BCUT2D eigenvalue weighted by Gasteiger charge is -2.33. The Morgan fingerprint density at radius 1 is 1.44 bits per heavy atom. The second kappa shape index (κ2) is 9.14.